The number of aromatic amines is 1. The van der Waals surface area contributed by atoms with Crippen molar-refractivity contribution in [2.75, 3.05) is 32.5 Å². The Balaban J connectivity index is 0.00000182. The van der Waals surface area contributed by atoms with Gasteiger partial charge in [-0.05, 0) is 44.4 Å². The lowest BCUT2D eigenvalue weighted by atomic mass is 10.0. The van der Waals surface area contributed by atoms with Crippen LogP contribution >= 0.6 is 12.4 Å². The van der Waals surface area contributed by atoms with E-state index in [1.54, 1.807) is 12.1 Å². The third-order valence-electron chi connectivity index (χ3n) is 4.34. The molecule has 0 bridgehead atoms. The van der Waals surface area contributed by atoms with Gasteiger partial charge in [0.25, 0.3) is 11.8 Å². The van der Waals surface area contributed by atoms with E-state index in [0.717, 1.165) is 40.6 Å². The molecule has 1 aromatic heterocycles. The first kappa shape index (κ1) is 17.3. The molecule has 130 valence electrons. The van der Waals surface area contributed by atoms with Crippen molar-refractivity contribution in [3.8, 4) is 0 Å². The molecule has 0 spiro atoms. The van der Waals surface area contributed by atoms with Crippen LogP contribution in [0.25, 0.3) is 21.8 Å². The molecule has 3 N–H and O–H groups in total. The number of amides is 2. The third-order valence-corrected chi connectivity index (χ3v) is 4.34. The SMILES string of the molecule is CN(C)CCNc1ccc2[nH]c3cc4c(cc3c2c1)C(=O)NC4=O.Cl. The fourth-order valence-corrected chi connectivity index (χ4v) is 3.09. The molecule has 0 aliphatic carbocycles. The summed E-state index contributed by atoms with van der Waals surface area (Å²) in [5, 5.41) is 7.72. The molecule has 0 saturated heterocycles. The fraction of sp³-hybridized carbons (Fsp3) is 0.222. The van der Waals surface area contributed by atoms with Crippen molar-refractivity contribution in [1.82, 2.24) is 15.2 Å². The minimum absolute atomic E-state index is 0. The zero-order chi connectivity index (χ0) is 16.8. The van der Waals surface area contributed by atoms with Crippen LogP contribution in [0.5, 0.6) is 0 Å². The Kier molecular flexibility index (Phi) is 4.41. The maximum Gasteiger partial charge on any atom is 0.259 e. The second-order valence-corrected chi connectivity index (χ2v) is 6.34. The van der Waals surface area contributed by atoms with Crippen molar-refractivity contribution >= 4 is 51.7 Å². The lowest BCUT2D eigenvalue weighted by Crippen LogP contribution is -2.20. The lowest BCUT2D eigenvalue weighted by Gasteiger charge is -2.11. The standard InChI is InChI=1S/C18H18N4O2.ClH/c1-22(2)6-5-19-10-3-4-15-11(7-10)12-8-13-14(9-16(12)20-15)18(24)21-17(13)23;/h3-4,7-9,19-20H,5-6H2,1-2H3,(H,21,23,24);1H. The molecule has 1 aliphatic heterocycles. The monoisotopic (exact) mass is 358 g/mol. The first-order valence-corrected chi connectivity index (χ1v) is 7.87. The summed E-state index contributed by atoms with van der Waals surface area (Å²) in [4.78, 5) is 29.1. The van der Waals surface area contributed by atoms with Crippen molar-refractivity contribution in [3.63, 3.8) is 0 Å². The van der Waals surface area contributed by atoms with Crippen LogP contribution in [-0.4, -0.2) is 48.9 Å². The highest BCUT2D eigenvalue weighted by molar-refractivity contribution is 6.24. The van der Waals surface area contributed by atoms with Gasteiger partial charge in [-0.2, -0.15) is 0 Å². The number of fused-ring (bicyclic) bond motifs is 4. The number of anilines is 1. The van der Waals surface area contributed by atoms with Gasteiger partial charge in [0.15, 0.2) is 0 Å². The Bertz CT molecular complexity index is 994. The number of benzene rings is 2. The van der Waals surface area contributed by atoms with Gasteiger partial charge in [-0.1, -0.05) is 0 Å². The van der Waals surface area contributed by atoms with Gasteiger partial charge in [0, 0.05) is 40.6 Å². The van der Waals surface area contributed by atoms with Crippen LogP contribution in [-0.2, 0) is 0 Å². The quantitative estimate of drug-likeness (QED) is 0.626. The zero-order valence-electron chi connectivity index (χ0n) is 14.0. The van der Waals surface area contributed by atoms with Gasteiger partial charge in [0.2, 0.25) is 0 Å². The van der Waals surface area contributed by atoms with Crippen molar-refractivity contribution in [2.24, 2.45) is 0 Å². The van der Waals surface area contributed by atoms with E-state index in [1.807, 2.05) is 26.2 Å². The molecule has 1 aliphatic rings. The summed E-state index contributed by atoms with van der Waals surface area (Å²) in [6, 6.07) is 9.67. The van der Waals surface area contributed by atoms with Crippen molar-refractivity contribution in [1.29, 1.82) is 0 Å². The number of rotatable bonds is 4. The van der Waals surface area contributed by atoms with E-state index >= 15 is 0 Å². The Hall–Kier alpha value is -2.57. The number of aromatic nitrogens is 1. The molecule has 0 atom stereocenters. The first-order valence-electron chi connectivity index (χ1n) is 7.87. The number of halogens is 1. The maximum atomic E-state index is 11.9. The second-order valence-electron chi connectivity index (χ2n) is 6.34. The summed E-state index contributed by atoms with van der Waals surface area (Å²) >= 11 is 0. The van der Waals surface area contributed by atoms with E-state index in [9.17, 15) is 9.59 Å². The molecule has 3 aromatic rings. The van der Waals surface area contributed by atoms with E-state index in [4.69, 9.17) is 0 Å². The largest absolute Gasteiger partial charge is 0.384 e. The second kappa shape index (κ2) is 6.38. The average molecular weight is 359 g/mol. The van der Waals surface area contributed by atoms with Crippen LogP contribution in [0.2, 0.25) is 0 Å². The van der Waals surface area contributed by atoms with Gasteiger partial charge < -0.3 is 15.2 Å². The summed E-state index contributed by atoms with van der Waals surface area (Å²) in [6.45, 7) is 1.80. The van der Waals surface area contributed by atoms with Gasteiger partial charge in [-0.15, -0.1) is 12.4 Å². The van der Waals surface area contributed by atoms with E-state index in [0.29, 0.717) is 11.1 Å². The van der Waals surface area contributed by atoms with Crippen molar-refractivity contribution in [3.05, 3.63) is 41.5 Å². The molecular weight excluding hydrogens is 340 g/mol. The average Bonchev–Trinajstić information content (AvgIpc) is 3.03. The first-order chi connectivity index (χ1) is 11.5. The predicted molar refractivity (Wildman–Crippen MR) is 102 cm³/mol. The number of H-pyrrole nitrogens is 1. The van der Waals surface area contributed by atoms with Gasteiger partial charge in [0.05, 0.1) is 11.1 Å². The molecule has 0 fully saturated rings. The van der Waals surface area contributed by atoms with E-state index < -0.39 is 0 Å². The Morgan fingerprint density at radius 3 is 2.36 bits per heavy atom. The third kappa shape index (κ3) is 2.94. The van der Waals surface area contributed by atoms with E-state index in [1.165, 1.54) is 0 Å². The highest BCUT2D eigenvalue weighted by Gasteiger charge is 2.27. The predicted octanol–water partition coefficient (Wildman–Crippen LogP) is 2.60. The Morgan fingerprint density at radius 2 is 1.64 bits per heavy atom. The highest BCUT2D eigenvalue weighted by atomic mass is 35.5. The summed E-state index contributed by atoms with van der Waals surface area (Å²) in [6.07, 6.45) is 0. The number of nitrogens with zero attached hydrogens (tertiary/aromatic N) is 1. The van der Waals surface area contributed by atoms with Crippen LogP contribution < -0.4 is 10.6 Å². The van der Waals surface area contributed by atoms with Crippen LogP contribution in [0.4, 0.5) is 5.69 Å². The van der Waals surface area contributed by atoms with E-state index in [-0.39, 0.29) is 24.2 Å². The number of hydrogen-bond acceptors (Lipinski definition) is 4. The fourth-order valence-electron chi connectivity index (χ4n) is 3.09. The molecule has 2 amide bonds. The van der Waals surface area contributed by atoms with Crippen molar-refractivity contribution < 1.29 is 9.59 Å². The zero-order valence-corrected chi connectivity index (χ0v) is 14.8. The molecular formula is C18H19ClN4O2. The molecule has 2 aromatic carbocycles. The molecule has 0 unspecified atom stereocenters. The molecule has 6 nitrogen and oxygen atoms in total. The molecule has 4 rings (SSSR count). The van der Waals surface area contributed by atoms with Crippen LogP contribution in [0.1, 0.15) is 20.7 Å². The number of carbonyl (C=O) groups is 2. The van der Waals surface area contributed by atoms with Crippen LogP contribution in [0, 0.1) is 0 Å². The minimum Gasteiger partial charge on any atom is -0.384 e. The normalized spacial score (nSPS) is 13.2. The lowest BCUT2D eigenvalue weighted by molar-refractivity contribution is 0.0879. The minimum atomic E-state index is -0.332. The molecule has 25 heavy (non-hydrogen) atoms. The number of likely N-dealkylation sites (N-methyl/N-ethyl adjacent to an activating group) is 1. The Morgan fingerprint density at radius 1 is 0.960 bits per heavy atom. The number of imide groups is 1. The molecule has 0 saturated carbocycles. The van der Waals surface area contributed by atoms with Gasteiger partial charge in [0.1, 0.15) is 0 Å². The van der Waals surface area contributed by atoms with E-state index in [2.05, 4.69) is 26.6 Å². The van der Waals surface area contributed by atoms with Gasteiger partial charge >= 0.3 is 0 Å². The van der Waals surface area contributed by atoms with Crippen molar-refractivity contribution in [2.45, 2.75) is 0 Å². The number of hydrogen-bond donors (Lipinski definition) is 3. The smallest absolute Gasteiger partial charge is 0.259 e. The summed E-state index contributed by atoms with van der Waals surface area (Å²) in [7, 11) is 4.08. The van der Waals surface area contributed by atoms with Gasteiger partial charge in [-0.25, -0.2) is 0 Å². The molecule has 0 radical (unpaired) electrons. The molecule has 7 heteroatoms. The maximum absolute atomic E-state index is 11.9. The number of nitrogens with one attached hydrogen (secondary N) is 3. The van der Waals surface area contributed by atoms with Crippen LogP contribution in [0.3, 0.4) is 0 Å². The highest BCUT2D eigenvalue weighted by Crippen LogP contribution is 2.31. The summed E-state index contributed by atoms with van der Waals surface area (Å²) < 4.78 is 0. The molecule has 2 heterocycles. The number of carbonyl (C=O) groups excluding carboxylic acids is 2. The van der Waals surface area contributed by atoms with Gasteiger partial charge in [-0.3, -0.25) is 14.9 Å². The van der Waals surface area contributed by atoms with Crippen LogP contribution in [0.15, 0.2) is 30.3 Å². The Labute approximate surface area is 151 Å². The summed E-state index contributed by atoms with van der Waals surface area (Å²) in [5.74, 6) is -0.659. The summed E-state index contributed by atoms with van der Waals surface area (Å²) in [5.41, 5.74) is 3.76. The topological polar surface area (TPSA) is 77.2 Å².